The highest BCUT2D eigenvalue weighted by atomic mass is 16.6. The van der Waals surface area contributed by atoms with E-state index in [9.17, 15) is 14.9 Å². The maximum atomic E-state index is 12.8. The van der Waals surface area contributed by atoms with Crippen LogP contribution < -0.4 is 5.32 Å². The topological polar surface area (TPSA) is 88.4 Å². The second-order valence-electron chi connectivity index (χ2n) is 6.95. The van der Waals surface area contributed by atoms with Gasteiger partial charge in [0.05, 0.1) is 16.7 Å². The lowest BCUT2D eigenvalue weighted by molar-refractivity contribution is -0.384. The monoisotopic (exact) mass is 368 g/mol. The second-order valence-corrected chi connectivity index (χ2v) is 6.95. The number of hydrogen-bond acceptors (Lipinski definition) is 5. The second kappa shape index (κ2) is 8.16. The molecular formula is C20H24N4O3. The van der Waals surface area contributed by atoms with Gasteiger partial charge in [0.25, 0.3) is 11.6 Å². The Kier molecular flexibility index (Phi) is 5.69. The zero-order chi connectivity index (χ0) is 19.4. The smallest absolute Gasteiger partial charge is 0.293 e. The fourth-order valence-electron chi connectivity index (χ4n) is 3.44. The Balaban J connectivity index is 1.84. The Morgan fingerprint density at radius 1 is 1.33 bits per heavy atom. The highest BCUT2D eigenvalue weighted by Crippen LogP contribution is 2.30. The van der Waals surface area contributed by atoms with Crippen molar-refractivity contribution in [3.63, 3.8) is 0 Å². The van der Waals surface area contributed by atoms with Crippen LogP contribution in [0.15, 0.2) is 42.6 Å². The van der Waals surface area contributed by atoms with Crippen LogP contribution in [-0.4, -0.2) is 33.3 Å². The van der Waals surface area contributed by atoms with Crippen molar-refractivity contribution in [3.05, 3.63) is 64.0 Å². The molecule has 142 valence electrons. The predicted molar refractivity (Wildman–Crippen MR) is 104 cm³/mol. The molecule has 1 aromatic carbocycles. The Labute approximate surface area is 158 Å². The number of amides is 1. The van der Waals surface area contributed by atoms with Crippen LogP contribution >= 0.6 is 0 Å². The van der Waals surface area contributed by atoms with Gasteiger partial charge in [-0.25, -0.2) is 0 Å². The van der Waals surface area contributed by atoms with E-state index in [1.807, 2.05) is 36.9 Å². The summed E-state index contributed by atoms with van der Waals surface area (Å²) < 4.78 is 0. The standard InChI is InChI=1S/C20H24N4O3/c1-14-7-4-6-12-23(14)20(25)16-9-10-18(19(13-16)24(26)27)22-15(2)17-8-3-5-11-21-17/h3,5,8-11,13-15,22H,4,6-7,12H2,1-2H3/t14-,15-/m0/s1. The number of anilines is 1. The molecule has 2 aromatic rings. The maximum absolute atomic E-state index is 12.8. The summed E-state index contributed by atoms with van der Waals surface area (Å²) in [5.41, 5.74) is 1.41. The lowest BCUT2D eigenvalue weighted by Gasteiger charge is -2.33. The van der Waals surface area contributed by atoms with Gasteiger partial charge in [-0.3, -0.25) is 19.9 Å². The van der Waals surface area contributed by atoms with Crippen LogP contribution in [0.25, 0.3) is 0 Å². The van der Waals surface area contributed by atoms with Crippen molar-refractivity contribution >= 4 is 17.3 Å². The molecular weight excluding hydrogens is 344 g/mol. The Hall–Kier alpha value is -2.96. The van der Waals surface area contributed by atoms with Gasteiger partial charge in [0.2, 0.25) is 0 Å². The average Bonchev–Trinajstić information content (AvgIpc) is 2.68. The molecule has 0 saturated carbocycles. The number of nitro groups is 1. The fourth-order valence-corrected chi connectivity index (χ4v) is 3.44. The summed E-state index contributed by atoms with van der Waals surface area (Å²) >= 11 is 0. The van der Waals surface area contributed by atoms with Crippen molar-refractivity contribution in [1.29, 1.82) is 0 Å². The third kappa shape index (κ3) is 4.24. The molecule has 7 nitrogen and oxygen atoms in total. The zero-order valence-corrected chi connectivity index (χ0v) is 15.6. The summed E-state index contributed by atoms with van der Waals surface area (Å²) in [6.45, 7) is 4.61. The van der Waals surface area contributed by atoms with Gasteiger partial charge < -0.3 is 10.2 Å². The third-order valence-electron chi connectivity index (χ3n) is 5.01. The highest BCUT2D eigenvalue weighted by Gasteiger charge is 2.26. The van der Waals surface area contributed by atoms with E-state index in [0.29, 0.717) is 17.8 Å². The number of hydrogen-bond donors (Lipinski definition) is 1. The fraction of sp³-hybridized carbons (Fsp3) is 0.400. The quantitative estimate of drug-likeness (QED) is 0.632. The molecule has 2 heterocycles. The van der Waals surface area contributed by atoms with E-state index in [0.717, 1.165) is 25.0 Å². The van der Waals surface area contributed by atoms with Crippen LogP contribution in [0.4, 0.5) is 11.4 Å². The van der Waals surface area contributed by atoms with Crippen molar-refractivity contribution in [3.8, 4) is 0 Å². The molecule has 0 unspecified atom stereocenters. The summed E-state index contributed by atoms with van der Waals surface area (Å²) in [5.74, 6) is -0.144. The van der Waals surface area contributed by atoms with Gasteiger partial charge in [-0.1, -0.05) is 6.07 Å². The highest BCUT2D eigenvalue weighted by molar-refractivity contribution is 5.96. The minimum Gasteiger partial charge on any atom is -0.371 e. The molecule has 1 amide bonds. The Morgan fingerprint density at radius 2 is 2.15 bits per heavy atom. The first kappa shape index (κ1) is 18.8. The minimum atomic E-state index is -0.454. The summed E-state index contributed by atoms with van der Waals surface area (Å²) in [6.07, 6.45) is 4.73. The van der Waals surface area contributed by atoms with Gasteiger partial charge in [-0.05, 0) is 57.4 Å². The van der Waals surface area contributed by atoms with Gasteiger partial charge in [0.1, 0.15) is 5.69 Å². The lowest BCUT2D eigenvalue weighted by atomic mass is 10.0. The van der Waals surface area contributed by atoms with Crippen molar-refractivity contribution in [2.75, 3.05) is 11.9 Å². The number of aromatic nitrogens is 1. The van der Waals surface area contributed by atoms with Crippen molar-refractivity contribution < 1.29 is 9.72 Å². The number of rotatable bonds is 5. The van der Waals surface area contributed by atoms with Crippen LogP contribution in [-0.2, 0) is 0 Å². The Bertz CT molecular complexity index is 825. The largest absolute Gasteiger partial charge is 0.371 e. The van der Waals surface area contributed by atoms with Gasteiger partial charge >= 0.3 is 0 Å². The van der Waals surface area contributed by atoms with Gasteiger partial charge in [-0.2, -0.15) is 0 Å². The first-order valence-electron chi connectivity index (χ1n) is 9.24. The molecule has 0 radical (unpaired) electrons. The normalized spacial score (nSPS) is 18.0. The molecule has 1 fully saturated rings. The summed E-state index contributed by atoms with van der Waals surface area (Å²) in [6, 6.07) is 10.2. The molecule has 3 rings (SSSR count). The van der Waals surface area contributed by atoms with E-state index < -0.39 is 4.92 Å². The van der Waals surface area contributed by atoms with E-state index in [2.05, 4.69) is 10.3 Å². The number of piperidine rings is 1. The van der Waals surface area contributed by atoms with Crippen LogP contribution in [0.3, 0.4) is 0 Å². The third-order valence-corrected chi connectivity index (χ3v) is 5.01. The average molecular weight is 368 g/mol. The van der Waals surface area contributed by atoms with Crippen LogP contribution in [0.2, 0.25) is 0 Å². The summed E-state index contributed by atoms with van der Waals surface area (Å²) in [5, 5.41) is 14.7. The van der Waals surface area contributed by atoms with E-state index >= 15 is 0 Å². The number of likely N-dealkylation sites (tertiary alicyclic amines) is 1. The Morgan fingerprint density at radius 3 is 2.81 bits per heavy atom. The molecule has 7 heteroatoms. The molecule has 1 N–H and O–H groups in total. The summed E-state index contributed by atoms with van der Waals surface area (Å²) in [7, 11) is 0. The SMILES string of the molecule is C[C@H](Nc1ccc(C(=O)N2CCCC[C@@H]2C)cc1[N+](=O)[O-])c1ccccn1. The van der Waals surface area contributed by atoms with E-state index in [4.69, 9.17) is 0 Å². The van der Waals surface area contributed by atoms with Crippen LogP contribution in [0.1, 0.15) is 55.2 Å². The van der Waals surface area contributed by atoms with Crippen molar-refractivity contribution in [1.82, 2.24) is 9.88 Å². The number of carbonyl (C=O) groups is 1. The molecule has 0 aliphatic carbocycles. The number of nitrogens with one attached hydrogen (secondary N) is 1. The van der Waals surface area contributed by atoms with Gasteiger partial charge in [0, 0.05) is 30.4 Å². The lowest BCUT2D eigenvalue weighted by Crippen LogP contribution is -2.42. The van der Waals surface area contributed by atoms with E-state index in [-0.39, 0.29) is 23.7 Å². The number of nitrogens with zero attached hydrogens (tertiary/aromatic N) is 3. The number of benzene rings is 1. The molecule has 0 spiro atoms. The van der Waals surface area contributed by atoms with Crippen molar-refractivity contribution in [2.24, 2.45) is 0 Å². The van der Waals surface area contributed by atoms with Crippen LogP contribution in [0.5, 0.6) is 0 Å². The minimum absolute atomic E-state index is 0.103. The van der Waals surface area contributed by atoms with Crippen molar-refractivity contribution in [2.45, 2.75) is 45.2 Å². The molecule has 1 saturated heterocycles. The number of pyridine rings is 1. The first-order valence-corrected chi connectivity index (χ1v) is 9.24. The molecule has 1 aromatic heterocycles. The van der Waals surface area contributed by atoms with E-state index in [1.54, 1.807) is 18.3 Å². The molecule has 27 heavy (non-hydrogen) atoms. The first-order chi connectivity index (χ1) is 13.0. The van der Waals surface area contributed by atoms with Gasteiger partial charge in [0.15, 0.2) is 0 Å². The van der Waals surface area contributed by atoms with E-state index in [1.165, 1.54) is 6.07 Å². The predicted octanol–water partition coefficient (Wildman–Crippen LogP) is 4.18. The zero-order valence-electron chi connectivity index (χ0n) is 15.6. The molecule has 2 atom stereocenters. The maximum Gasteiger partial charge on any atom is 0.293 e. The molecule has 0 bridgehead atoms. The van der Waals surface area contributed by atoms with Crippen LogP contribution in [0, 0.1) is 10.1 Å². The van der Waals surface area contributed by atoms with Gasteiger partial charge in [-0.15, -0.1) is 0 Å². The number of carbonyl (C=O) groups excluding carboxylic acids is 1. The number of nitro benzene ring substituents is 1. The summed E-state index contributed by atoms with van der Waals surface area (Å²) in [4.78, 5) is 30.0. The molecule has 1 aliphatic heterocycles. The molecule has 1 aliphatic rings.